The van der Waals surface area contributed by atoms with Crippen molar-refractivity contribution in [3.63, 3.8) is 0 Å². The van der Waals surface area contributed by atoms with Crippen molar-refractivity contribution in [2.24, 2.45) is 5.41 Å². The largest absolute Gasteiger partial charge is 0.392 e. The highest BCUT2D eigenvalue weighted by molar-refractivity contribution is 5.59. The zero-order chi connectivity index (χ0) is 12.1. The molecule has 1 unspecified atom stereocenters. The van der Waals surface area contributed by atoms with E-state index in [4.69, 9.17) is 10.5 Å². The van der Waals surface area contributed by atoms with Gasteiger partial charge in [0, 0.05) is 5.41 Å². The standard InChI is InChI=1S/C11H14N2O2/c1-8(9(5-12)6-13)4-10(15)11(2,3)7-14/h7,10,15H,4H2,1-3H3. The molecule has 0 bridgehead atoms. The monoisotopic (exact) mass is 206 g/mol. The zero-order valence-electron chi connectivity index (χ0n) is 9.11. The number of aliphatic hydroxyl groups is 1. The summed E-state index contributed by atoms with van der Waals surface area (Å²) < 4.78 is 0. The summed E-state index contributed by atoms with van der Waals surface area (Å²) in [7, 11) is 0. The van der Waals surface area contributed by atoms with Crippen molar-refractivity contribution < 1.29 is 9.90 Å². The van der Waals surface area contributed by atoms with Gasteiger partial charge in [0.2, 0.25) is 0 Å². The molecule has 4 heteroatoms. The Hall–Kier alpha value is -1.65. The van der Waals surface area contributed by atoms with Crippen LogP contribution in [0.25, 0.3) is 0 Å². The molecule has 0 aliphatic heterocycles. The van der Waals surface area contributed by atoms with Crippen molar-refractivity contribution in [3.05, 3.63) is 11.1 Å². The molecule has 15 heavy (non-hydrogen) atoms. The molecule has 0 amide bonds. The van der Waals surface area contributed by atoms with Crippen molar-refractivity contribution in [2.75, 3.05) is 0 Å². The molecule has 0 radical (unpaired) electrons. The minimum atomic E-state index is -0.883. The summed E-state index contributed by atoms with van der Waals surface area (Å²) >= 11 is 0. The lowest BCUT2D eigenvalue weighted by atomic mass is 9.84. The molecule has 0 aromatic rings. The predicted molar refractivity (Wildman–Crippen MR) is 54.4 cm³/mol. The Morgan fingerprint density at radius 3 is 2.27 bits per heavy atom. The maximum Gasteiger partial charge on any atom is 0.128 e. The maximum atomic E-state index is 10.7. The molecule has 0 aliphatic rings. The van der Waals surface area contributed by atoms with Gasteiger partial charge in [0.05, 0.1) is 6.10 Å². The van der Waals surface area contributed by atoms with Gasteiger partial charge in [-0.25, -0.2) is 0 Å². The summed E-state index contributed by atoms with van der Waals surface area (Å²) in [5.41, 5.74) is -0.365. The van der Waals surface area contributed by atoms with Gasteiger partial charge >= 0.3 is 0 Å². The lowest BCUT2D eigenvalue weighted by molar-refractivity contribution is -0.119. The fourth-order valence-corrected chi connectivity index (χ4v) is 0.950. The molecular formula is C11H14N2O2. The SMILES string of the molecule is CC(CC(O)C(C)(C)C=O)=C(C#N)C#N. The van der Waals surface area contributed by atoms with E-state index >= 15 is 0 Å². The van der Waals surface area contributed by atoms with Gasteiger partial charge in [0.15, 0.2) is 0 Å². The summed E-state index contributed by atoms with van der Waals surface area (Å²) in [6.07, 6.45) is -0.0577. The summed E-state index contributed by atoms with van der Waals surface area (Å²) in [4.78, 5) is 10.7. The molecule has 0 rings (SSSR count). The Morgan fingerprint density at radius 1 is 1.47 bits per heavy atom. The summed E-state index contributed by atoms with van der Waals surface area (Å²) in [6.45, 7) is 4.82. The summed E-state index contributed by atoms with van der Waals surface area (Å²) in [5.74, 6) is 0. The van der Waals surface area contributed by atoms with Gasteiger partial charge in [-0.1, -0.05) is 13.8 Å². The average molecular weight is 206 g/mol. The maximum absolute atomic E-state index is 10.7. The number of nitrogens with zero attached hydrogens (tertiary/aromatic N) is 2. The molecule has 0 heterocycles. The Kier molecular flexibility index (Phi) is 4.70. The van der Waals surface area contributed by atoms with E-state index in [2.05, 4.69) is 0 Å². The highest BCUT2D eigenvalue weighted by Crippen LogP contribution is 2.23. The molecule has 0 aliphatic carbocycles. The molecular weight excluding hydrogens is 192 g/mol. The molecule has 0 aromatic heterocycles. The molecule has 0 spiro atoms. The Balaban J connectivity index is 4.80. The number of carbonyl (C=O) groups excluding carboxylic acids is 1. The van der Waals surface area contributed by atoms with E-state index < -0.39 is 11.5 Å². The summed E-state index contributed by atoms with van der Waals surface area (Å²) in [6, 6.07) is 3.49. The van der Waals surface area contributed by atoms with Crippen LogP contribution < -0.4 is 0 Å². The van der Waals surface area contributed by atoms with E-state index in [0.717, 1.165) is 0 Å². The van der Waals surface area contributed by atoms with Crippen LogP contribution in [0.4, 0.5) is 0 Å². The van der Waals surface area contributed by atoms with Crippen molar-refractivity contribution in [2.45, 2.75) is 33.3 Å². The van der Waals surface area contributed by atoms with E-state index in [1.165, 1.54) is 0 Å². The predicted octanol–water partition coefficient (Wildman–Crippen LogP) is 1.33. The highest BCUT2D eigenvalue weighted by atomic mass is 16.3. The van der Waals surface area contributed by atoms with Crippen LogP contribution in [0.5, 0.6) is 0 Å². The van der Waals surface area contributed by atoms with Crippen molar-refractivity contribution in [1.82, 2.24) is 0 Å². The van der Waals surface area contributed by atoms with Crippen LogP contribution in [-0.2, 0) is 4.79 Å². The summed E-state index contributed by atoms with van der Waals surface area (Å²) in [5, 5.41) is 26.9. The molecule has 0 saturated heterocycles. The first kappa shape index (κ1) is 13.4. The van der Waals surface area contributed by atoms with Crippen LogP contribution >= 0.6 is 0 Å². The van der Waals surface area contributed by atoms with Gasteiger partial charge < -0.3 is 9.90 Å². The first-order chi connectivity index (χ1) is 6.88. The van der Waals surface area contributed by atoms with Gasteiger partial charge in [-0.3, -0.25) is 0 Å². The number of aldehydes is 1. The van der Waals surface area contributed by atoms with Gasteiger partial charge in [0.1, 0.15) is 24.0 Å². The minimum absolute atomic E-state index is 0.00394. The molecule has 80 valence electrons. The van der Waals surface area contributed by atoms with E-state index in [0.29, 0.717) is 11.9 Å². The quantitative estimate of drug-likeness (QED) is 0.555. The van der Waals surface area contributed by atoms with E-state index in [1.54, 1.807) is 32.9 Å². The van der Waals surface area contributed by atoms with Crippen LogP contribution in [0.3, 0.4) is 0 Å². The lowest BCUT2D eigenvalue weighted by Gasteiger charge is -2.24. The number of rotatable bonds is 4. The smallest absolute Gasteiger partial charge is 0.128 e. The fraction of sp³-hybridized carbons (Fsp3) is 0.545. The van der Waals surface area contributed by atoms with Crippen LogP contribution in [0.1, 0.15) is 27.2 Å². The van der Waals surface area contributed by atoms with Gasteiger partial charge in [-0.15, -0.1) is 0 Å². The number of aliphatic hydroxyl groups excluding tert-OH is 1. The number of nitriles is 2. The number of hydrogen-bond acceptors (Lipinski definition) is 4. The Morgan fingerprint density at radius 2 is 1.93 bits per heavy atom. The molecule has 0 fully saturated rings. The van der Waals surface area contributed by atoms with Gasteiger partial charge in [-0.05, 0) is 18.9 Å². The van der Waals surface area contributed by atoms with Gasteiger partial charge in [0.25, 0.3) is 0 Å². The van der Waals surface area contributed by atoms with E-state index in [9.17, 15) is 9.90 Å². The van der Waals surface area contributed by atoms with E-state index in [-0.39, 0.29) is 12.0 Å². The van der Waals surface area contributed by atoms with Crippen LogP contribution in [0.15, 0.2) is 11.1 Å². The van der Waals surface area contributed by atoms with Crippen LogP contribution in [-0.4, -0.2) is 17.5 Å². The van der Waals surface area contributed by atoms with Crippen LogP contribution in [0.2, 0.25) is 0 Å². The number of hydrogen-bond donors (Lipinski definition) is 1. The normalized spacial score (nSPS) is 12.1. The fourth-order valence-electron chi connectivity index (χ4n) is 0.950. The number of carbonyl (C=O) groups is 1. The first-order valence-electron chi connectivity index (χ1n) is 4.53. The van der Waals surface area contributed by atoms with Gasteiger partial charge in [-0.2, -0.15) is 10.5 Å². The molecule has 1 N–H and O–H groups in total. The third-order valence-electron chi connectivity index (χ3n) is 2.31. The minimum Gasteiger partial charge on any atom is -0.392 e. The third-order valence-corrected chi connectivity index (χ3v) is 2.31. The van der Waals surface area contributed by atoms with Crippen molar-refractivity contribution in [1.29, 1.82) is 10.5 Å². The first-order valence-corrected chi connectivity index (χ1v) is 4.53. The van der Waals surface area contributed by atoms with Crippen molar-refractivity contribution >= 4 is 6.29 Å². The molecule has 0 aromatic carbocycles. The highest BCUT2D eigenvalue weighted by Gasteiger charge is 2.27. The number of allylic oxidation sites excluding steroid dienone is 1. The lowest BCUT2D eigenvalue weighted by Crippen LogP contribution is -2.31. The zero-order valence-corrected chi connectivity index (χ0v) is 9.11. The molecule has 0 saturated carbocycles. The second-order valence-corrected chi connectivity index (χ2v) is 4.04. The second kappa shape index (κ2) is 5.29. The topological polar surface area (TPSA) is 84.9 Å². The second-order valence-electron chi connectivity index (χ2n) is 4.04. The van der Waals surface area contributed by atoms with Crippen LogP contribution in [0, 0.1) is 28.1 Å². The molecule has 4 nitrogen and oxygen atoms in total. The third kappa shape index (κ3) is 3.53. The van der Waals surface area contributed by atoms with Crippen molar-refractivity contribution in [3.8, 4) is 12.1 Å². The average Bonchev–Trinajstić information content (AvgIpc) is 2.19. The molecule has 1 atom stereocenters. The Bertz CT molecular complexity index is 340. The van der Waals surface area contributed by atoms with E-state index in [1.807, 2.05) is 0 Å². The Labute approximate surface area is 89.4 Å².